The summed E-state index contributed by atoms with van der Waals surface area (Å²) in [6.45, 7) is 4.19. The second-order valence-corrected chi connectivity index (χ2v) is 8.30. The van der Waals surface area contributed by atoms with Crippen LogP contribution in [0.1, 0.15) is 26.0 Å². The summed E-state index contributed by atoms with van der Waals surface area (Å²) in [4.78, 5) is 16.5. The maximum absolute atomic E-state index is 12.5. The number of thioether (sulfide) groups is 1. The molecule has 2 aliphatic heterocycles. The summed E-state index contributed by atoms with van der Waals surface area (Å²) in [6, 6.07) is 10.8. The predicted molar refractivity (Wildman–Crippen MR) is 114 cm³/mol. The molecule has 0 aliphatic carbocycles. The third-order valence-electron chi connectivity index (χ3n) is 4.12. The molecule has 0 atom stereocenters. The largest absolute Gasteiger partial charge is 0.457 e. The van der Waals surface area contributed by atoms with Gasteiger partial charge in [0.05, 0.1) is 5.57 Å². The van der Waals surface area contributed by atoms with Gasteiger partial charge in [0, 0.05) is 17.0 Å². The van der Waals surface area contributed by atoms with Crippen molar-refractivity contribution in [3.63, 3.8) is 0 Å². The number of nitrogens with one attached hydrogen (secondary N) is 1. The molecule has 2 aromatic rings. The second kappa shape index (κ2) is 7.41. The zero-order chi connectivity index (χ0) is 19.8. The lowest BCUT2D eigenvalue weighted by atomic mass is 10.1. The fourth-order valence-corrected chi connectivity index (χ4v) is 4.03. The van der Waals surface area contributed by atoms with Crippen LogP contribution in [0.2, 0.25) is 5.02 Å². The van der Waals surface area contributed by atoms with Gasteiger partial charge in [-0.1, -0.05) is 25.4 Å². The fraction of sp³-hybridized carbons (Fsp3) is 0.200. The van der Waals surface area contributed by atoms with E-state index in [-0.39, 0.29) is 11.4 Å². The topological polar surface area (TPSA) is 82.0 Å². The van der Waals surface area contributed by atoms with E-state index in [1.165, 1.54) is 22.8 Å². The molecule has 1 N–H and O–H groups in total. The Kier molecular flexibility index (Phi) is 4.95. The van der Waals surface area contributed by atoms with E-state index in [0.29, 0.717) is 27.6 Å². The van der Waals surface area contributed by atoms with Gasteiger partial charge in [0.15, 0.2) is 5.84 Å². The predicted octanol–water partition coefficient (Wildman–Crippen LogP) is 5.27. The highest BCUT2D eigenvalue weighted by Crippen LogP contribution is 2.31. The average Bonchev–Trinajstić information content (AvgIpc) is 3.26. The number of amidine groups is 2. The van der Waals surface area contributed by atoms with Gasteiger partial charge in [-0.15, -0.1) is 0 Å². The number of rotatable bonds is 4. The van der Waals surface area contributed by atoms with Crippen molar-refractivity contribution < 1.29 is 9.21 Å². The highest BCUT2D eigenvalue weighted by Gasteiger charge is 2.35. The molecule has 142 valence electrons. The highest BCUT2D eigenvalue weighted by atomic mass is 35.5. The Morgan fingerprint density at radius 1 is 1.25 bits per heavy atom. The Labute approximate surface area is 171 Å². The summed E-state index contributed by atoms with van der Waals surface area (Å²) in [7, 11) is 0. The van der Waals surface area contributed by atoms with E-state index in [0.717, 1.165) is 17.0 Å². The van der Waals surface area contributed by atoms with Gasteiger partial charge < -0.3 is 4.42 Å². The van der Waals surface area contributed by atoms with E-state index in [1.54, 1.807) is 18.2 Å². The summed E-state index contributed by atoms with van der Waals surface area (Å²) in [6.07, 6.45) is 2.31. The van der Waals surface area contributed by atoms with Crippen molar-refractivity contribution in [2.24, 2.45) is 16.0 Å². The molecule has 1 aromatic heterocycles. The molecule has 6 nitrogen and oxygen atoms in total. The molecule has 3 heterocycles. The van der Waals surface area contributed by atoms with Gasteiger partial charge >= 0.3 is 0 Å². The van der Waals surface area contributed by atoms with Crippen LogP contribution >= 0.6 is 23.4 Å². The standard InChI is InChI=1S/C20H17ClN4O2S/c1-11(2)9-17-24-25-18(22)15(19(26)23-20(25)28-17)10-14-7-8-16(27-14)12-3-5-13(21)6-4-12/h3-8,10-11,22H,9H2,1-2H3. The summed E-state index contributed by atoms with van der Waals surface area (Å²) >= 11 is 7.26. The quantitative estimate of drug-likeness (QED) is 0.694. The van der Waals surface area contributed by atoms with Crippen LogP contribution < -0.4 is 0 Å². The maximum Gasteiger partial charge on any atom is 0.283 e. The van der Waals surface area contributed by atoms with Gasteiger partial charge in [-0.2, -0.15) is 15.1 Å². The second-order valence-electron chi connectivity index (χ2n) is 6.82. The molecule has 1 aromatic carbocycles. The first-order valence-electron chi connectivity index (χ1n) is 8.75. The van der Waals surface area contributed by atoms with Gasteiger partial charge in [-0.05, 0) is 60.2 Å². The Morgan fingerprint density at radius 3 is 2.71 bits per heavy atom. The van der Waals surface area contributed by atoms with Crippen LogP contribution in [0, 0.1) is 11.3 Å². The first kappa shape index (κ1) is 18.7. The maximum atomic E-state index is 12.5. The molecule has 0 saturated carbocycles. The number of hydrogen-bond donors (Lipinski definition) is 1. The third-order valence-corrected chi connectivity index (χ3v) is 5.30. The van der Waals surface area contributed by atoms with Crippen LogP contribution in [-0.4, -0.2) is 27.0 Å². The molecule has 1 amide bonds. The lowest BCUT2D eigenvalue weighted by Crippen LogP contribution is -2.35. The summed E-state index contributed by atoms with van der Waals surface area (Å²) in [5, 5.41) is 16.2. The molecule has 8 heteroatoms. The van der Waals surface area contributed by atoms with Crippen molar-refractivity contribution >= 4 is 51.4 Å². The van der Waals surface area contributed by atoms with E-state index < -0.39 is 5.91 Å². The van der Waals surface area contributed by atoms with Gasteiger partial charge in [-0.3, -0.25) is 10.2 Å². The number of halogens is 1. The zero-order valence-corrected chi connectivity index (χ0v) is 16.8. The van der Waals surface area contributed by atoms with Gasteiger partial charge in [0.25, 0.3) is 5.91 Å². The lowest BCUT2D eigenvalue weighted by Gasteiger charge is -2.19. The van der Waals surface area contributed by atoms with Gasteiger partial charge in [0.2, 0.25) is 5.17 Å². The number of carbonyl (C=O) groups excluding carboxylic acids is 1. The number of furan rings is 1. The van der Waals surface area contributed by atoms with E-state index in [1.807, 2.05) is 18.2 Å². The molecule has 0 bridgehead atoms. The molecule has 0 saturated heterocycles. The van der Waals surface area contributed by atoms with Crippen molar-refractivity contribution in [2.75, 3.05) is 0 Å². The van der Waals surface area contributed by atoms with Crippen LogP contribution in [0.25, 0.3) is 17.4 Å². The van der Waals surface area contributed by atoms with Crippen LogP contribution in [0.4, 0.5) is 0 Å². The van der Waals surface area contributed by atoms with Crippen molar-refractivity contribution in [1.82, 2.24) is 5.01 Å². The minimum atomic E-state index is -0.464. The molecular weight excluding hydrogens is 396 g/mol. The van der Waals surface area contributed by atoms with Crippen molar-refractivity contribution in [1.29, 1.82) is 5.41 Å². The first-order valence-corrected chi connectivity index (χ1v) is 9.95. The van der Waals surface area contributed by atoms with E-state index >= 15 is 0 Å². The molecule has 0 spiro atoms. The number of hydrogen-bond acceptors (Lipinski definition) is 5. The van der Waals surface area contributed by atoms with Crippen molar-refractivity contribution in [3.05, 3.63) is 52.8 Å². The SMILES string of the molecule is CC(C)CC1=NN2C(=N)C(=Cc3ccc(-c4ccc(Cl)cc4)o3)C(=O)N=C2S1. The third kappa shape index (κ3) is 3.68. The minimum absolute atomic E-state index is 0.00528. The number of hydrazone groups is 1. The molecular formula is C20H17ClN4O2S. The highest BCUT2D eigenvalue weighted by molar-refractivity contribution is 8.26. The van der Waals surface area contributed by atoms with Crippen LogP contribution in [0.5, 0.6) is 0 Å². The minimum Gasteiger partial charge on any atom is -0.457 e. The number of fused-ring (bicyclic) bond motifs is 1. The van der Waals surface area contributed by atoms with Crippen LogP contribution in [0.15, 0.2) is 56.5 Å². The van der Waals surface area contributed by atoms with E-state index in [9.17, 15) is 4.79 Å². The Hall–Kier alpha value is -2.64. The van der Waals surface area contributed by atoms with Crippen molar-refractivity contribution in [2.45, 2.75) is 20.3 Å². The lowest BCUT2D eigenvalue weighted by molar-refractivity contribution is -0.114. The smallest absolute Gasteiger partial charge is 0.283 e. The number of aliphatic imine (C=N–C) groups is 1. The zero-order valence-electron chi connectivity index (χ0n) is 15.3. The number of carbonyl (C=O) groups is 1. The summed E-state index contributed by atoms with van der Waals surface area (Å²) in [5.41, 5.74) is 1.02. The Morgan fingerprint density at radius 2 is 2.00 bits per heavy atom. The Balaban J connectivity index is 1.60. The monoisotopic (exact) mass is 412 g/mol. The fourth-order valence-electron chi connectivity index (χ4n) is 2.81. The summed E-state index contributed by atoms with van der Waals surface area (Å²) < 4.78 is 5.82. The molecule has 28 heavy (non-hydrogen) atoms. The molecule has 0 unspecified atom stereocenters. The van der Waals surface area contributed by atoms with Crippen LogP contribution in [0.3, 0.4) is 0 Å². The van der Waals surface area contributed by atoms with E-state index in [2.05, 4.69) is 23.9 Å². The average molecular weight is 413 g/mol. The molecule has 0 radical (unpaired) electrons. The van der Waals surface area contributed by atoms with Gasteiger partial charge in [-0.25, -0.2) is 0 Å². The Bertz CT molecular complexity index is 1050. The first-order chi connectivity index (χ1) is 13.4. The van der Waals surface area contributed by atoms with Gasteiger partial charge in [0.1, 0.15) is 16.6 Å². The normalized spacial score (nSPS) is 18.0. The van der Waals surface area contributed by atoms with E-state index in [4.69, 9.17) is 21.4 Å². The number of nitrogens with zero attached hydrogens (tertiary/aromatic N) is 3. The number of benzene rings is 1. The molecule has 0 fully saturated rings. The summed E-state index contributed by atoms with van der Waals surface area (Å²) in [5.74, 6) is 1.09. The van der Waals surface area contributed by atoms with Crippen LogP contribution in [-0.2, 0) is 4.79 Å². The molecule has 2 aliphatic rings. The molecule has 4 rings (SSSR count). The van der Waals surface area contributed by atoms with Crippen molar-refractivity contribution in [3.8, 4) is 11.3 Å². The number of amides is 1.